The van der Waals surface area contributed by atoms with Crippen molar-refractivity contribution in [3.05, 3.63) is 48.2 Å². The molecule has 0 unspecified atom stereocenters. The van der Waals surface area contributed by atoms with Crippen LogP contribution in [0, 0.1) is 5.82 Å². The molecular formula is C14H17FN4. The van der Waals surface area contributed by atoms with Crippen LogP contribution >= 0.6 is 0 Å². The van der Waals surface area contributed by atoms with Crippen molar-refractivity contribution in [1.29, 1.82) is 0 Å². The maximum absolute atomic E-state index is 13.8. The fourth-order valence-electron chi connectivity index (χ4n) is 1.89. The van der Waals surface area contributed by atoms with Gasteiger partial charge in [-0.2, -0.15) is 0 Å². The van der Waals surface area contributed by atoms with Gasteiger partial charge in [0.2, 0.25) is 0 Å². The van der Waals surface area contributed by atoms with Crippen molar-refractivity contribution in [1.82, 2.24) is 15.3 Å². The highest BCUT2D eigenvalue weighted by Gasteiger charge is 2.12. The van der Waals surface area contributed by atoms with Crippen molar-refractivity contribution < 1.29 is 4.39 Å². The Labute approximate surface area is 112 Å². The molecule has 0 bridgehead atoms. The van der Waals surface area contributed by atoms with Crippen LogP contribution in [0.1, 0.15) is 12.6 Å². The lowest BCUT2D eigenvalue weighted by molar-refractivity contribution is 0.625. The molecule has 1 aromatic heterocycles. The Morgan fingerprint density at radius 2 is 2.00 bits per heavy atom. The average molecular weight is 260 g/mol. The van der Waals surface area contributed by atoms with E-state index in [1.807, 2.05) is 20.0 Å². The number of aromatic nitrogens is 2. The minimum Gasteiger partial charge on any atom is -0.323 e. The summed E-state index contributed by atoms with van der Waals surface area (Å²) >= 11 is 0. The van der Waals surface area contributed by atoms with Crippen LogP contribution in [-0.4, -0.2) is 23.6 Å². The molecule has 0 atom stereocenters. The van der Waals surface area contributed by atoms with Crippen LogP contribution in [0.2, 0.25) is 0 Å². The van der Waals surface area contributed by atoms with E-state index in [2.05, 4.69) is 15.3 Å². The Morgan fingerprint density at radius 3 is 2.58 bits per heavy atom. The molecule has 1 heterocycles. The van der Waals surface area contributed by atoms with Crippen molar-refractivity contribution in [2.45, 2.75) is 13.5 Å². The van der Waals surface area contributed by atoms with Gasteiger partial charge in [0.1, 0.15) is 5.82 Å². The van der Waals surface area contributed by atoms with Gasteiger partial charge in [-0.3, -0.25) is 4.98 Å². The van der Waals surface area contributed by atoms with Gasteiger partial charge in [-0.1, -0.05) is 12.1 Å². The predicted octanol–water partition coefficient (Wildman–Crippen LogP) is 2.49. The third-order valence-electron chi connectivity index (χ3n) is 2.79. The van der Waals surface area contributed by atoms with Gasteiger partial charge in [-0.15, -0.1) is 0 Å². The van der Waals surface area contributed by atoms with Crippen LogP contribution in [0.15, 0.2) is 36.7 Å². The Morgan fingerprint density at radius 1 is 1.21 bits per heavy atom. The predicted molar refractivity (Wildman–Crippen MR) is 73.9 cm³/mol. The molecule has 0 saturated heterocycles. The molecule has 2 aromatic rings. The average Bonchev–Trinajstić information content (AvgIpc) is 2.44. The number of nitrogens with one attached hydrogen (secondary N) is 1. The van der Waals surface area contributed by atoms with Gasteiger partial charge in [0.15, 0.2) is 5.82 Å². The summed E-state index contributed by atoms with van der Waals surface area (Å²) in [4.78, 5) is 10.4. The van der Waals surface area contributed by atoms with Gasteiger partial charge in [-0.25, -0.2) is 9.37 Å². The first-order valence-electron chi connectivity index (χ1n) is 6.23. The van der Waals surface area contributed by atoms with Crippen LogP contribution < -0.4 is 10.2 Å². The molecule has 0 aliphatic carbocycles. The number of nitrogens with zero attached hydrogens (tertiary/aromatic N) is 3. The lowest BCUT2D eigenvalue weighted by Gasteiger charge is -2.22. The summed E-state index contributed by atoms with van der Waals surface area (Å²) in [6.07, 6.45) is 3.37. The summed E-state index contributed by atoms with van der Waals surface area (Å²) < 4.78 is 13.8. The van der Waals surface area contributed by atoms with E-state index >= 15 is 0 Å². The molecule has 0 saturated carbocycles. The highest BCUT2D eigenvalue weighted by molar-refractivity contribution is 5.59. The molecule has 0 fully saturated rings. The second-order valence-electron chi connectivity index (χ2n) is 4.09. The van der Waals surface area contributed by atoms with Gasteiger partial charge in [0.05, 0.1) is 23.8 Å². The highest BCUT2D eigenvalue weighted by atomic mass is 19.1. The highest BCUT2D eigenvalue weighted by Crippen LogP contribution is 2.25. The minimum absolute atomic E-state index is 0.259. The Balaban J connectivity index is 2.29. The monoisotopic (exact) mass is 260 g/mol. The maximum Gasteiger partial charge on any atom is 0.151 e. The summed E-state index contributed by atoms with van der Waals surface area (Å²) in [6, 6.07) is 6.67. The third-order valence-corrected chi connectivity index (χ3v) is 2.79. The largest absolute Gasteiger partial charge is 0.323 e. The van der Waals surface area contributed by atoms with Crippen molar-refractivity contribution in [2.24, 2.45) is 0 Å². The van der Waals surface area contributed by atoms with Crippen LogP contribution in [0.25, 0.3) is 0 Å². The molecule has 5 heteroatoms. The molecule has 1 N–H and O–H groups in total. The molecule has 2 rings (SSSR count). The molecule has 0 aliphatic heterocycles. The maximum atomic E-state index is 13.8. The van der Waals surface area contributed by atoms with E-state index in [4.69, 9.17) is 0 Å². The summed E-state index contributed by atoms with van der Waals surface area (Å²) in [5.41, 5.74) is 1.37. The van der Waals surface area contributed by atoms with Crippen molar-refractivity contribution in [2.75, 3.05) is 18.5 Å². The van der Waals surface area contributed by atoms with Crippen LogP contribution in [-0.2, 0) is 6.54 Å². The molecular weight excluding hydrogens is 243 g/mol. The first-order chi connectivity index (χ1) is 9.26. The van der Waals surface area contributed by atoms with E-state index in [-0.39, 0.29) is 5.82 Å². The smallest absolute Gasteiger partial charge is 0.151 e. The van der Waals surface area contributed by atoms with Crippen molar-refractivity contribution in [3.63, 3.8) is 0 Å². The first kappa shape index (κ1) is 13.4. The quantitative estimate of drug-likeness (QED) is 0.896. The fraction of sp³-hybridized carbons (Fsp3) is 0.286. The molecule has 4 nitrogen and oxygen atoms in total. The topological polar surface area (TPSA) is 41.1 Å². The first-order valence-corrected chi connectivity index (χ1v) is 6.23. The van der Waals surface area contributed by atoms with Crippen LogP contribution in [0.5, 0.6) is 0 Å². The molecule has 0 spiro atoms. The summed E-state index contributed by atoms with van der Waals surface area (Å²) in [5.74, 6) is 0.387. The molecule has 1 aromatic carbocycles. The Bertz CT molecular complexity index is 527. The van der Waals surface area contributed by atoms with E-state index in [9.17, 15) is 4.39 Å². The van der Waals surface area contributed by atoms with Crippen LogP contribution in [0.4, 0.5) is 15.9 Å². The van der Waals surface area contributed by atoms with Gasteiger partial charge in [0.25, 0.3) is 0 Å². The number of hydrogen-bond donors (Lipinski definition) is 1. The molecule has 19 heavy (non-hydrogen) atoms. The lowest BCUT2D eigenvalue weighted by atomic mass is 10.2. The number of benzene rings is 1. The lowest BCUT2D eigenvalue weighted by Crippen LogP contribution is -2.19. The van der Waals surface area contributed by atoms with E-state index < -0.39 is 0 Å². The molecule has 0 radical (unpaired) electrons. The zero-order valence-electron chi connectivity index (χ0n) is 11.1. The summed E-state index contributed by atoms with van der Waals surface area (Å²) in [6.45, 7) is 3.25. The molecule has 100 valence electrons. The fourth-order valence-corrected chi connectivity index (χ4v) is 1.89. The number of rotatable bonds is 5. The zero-order chi connectivity index (χ0) is 13.7. The molecule has 0 aliphatic rings. The second-order valence-corrected chi connectivity index (χ2v) is 4.09. The normalized spacial score (nSPS) is 10.5. The SMILES string of the molecule is CCN(c1cnc(CNC)cn1)c1ccccc1F. The third kappa shape index (κ3) is 3.06. The van der Waals surface area contributed by atoms with Crippen molar-refractivity contribution >= 4 is 11.5 Å². The standard InChI is InChI=1S/C14H17FN4/c1-3-19(13-7-5-4-6-12(13)15)14-10-17-11(8-16-2)9-18-14/h4-7,9-10,16H,3,8H2,1-2H3. The van der Waals surface area contributed by atoms with Gasteiger partial charge >= 0.3 is 0 Å². The van der Waals surface area contributed by atoms with Gasteiger partial charge in [-0.05, 0) is 26.1 Å². The second kappa shape index (κ2) is 6.24. The zero-order valence-corrected chi connectivity index (χ0v) is 11.1. The minimum atomic E-state index is -0.259. The van der Waals surface area contributed by atoms with E-state index in [0.29, 0.717) is 24.6 Å². The van der Waals surface area contributed by atoms with E-state index in [1.165, 1.54) is 6.07 Å². The van der Waals surface area contributed by atoms with Gasteiger partial charge < -0.3 is 10.2 Å². The number of anilines is 2. The summed E-state index contributed by atoms with van der Waals surface area (Å²) in [5, 5.41) is 3.01. The number of para-hydroxylation sites is 1. The summed E-state index contributed by atoms with van der Waals surface area (Å²) in [7, 11) is 1.85. The van der Waals surface area contributed by atoms with Crippen molar-refractivity contribution in [3.8, 4) is 0 Å². The Kier molecular flexibility index (Phi) is 4.41. The number of hydrogen-bond acceptors (Lipinski definition) is 4. The molecule has 0 amide bonds. The van der Waals surface area contributed by atoms with E-state index in [1.54, 1.807) is 29.4 Å². The Hall–Kier alpha value is -2.01. The van der Waals surface area contributed by atoms with Crippen LogP contribution in [0.3, 0.4) is 0 Å². The van der Waals surface area contributed by atoms with Gasteiger partial charge in [0, 0.05) is 13.1 Å². The van der Waals surface area contributed by atoms with E-state index in [0.717, 1.165) is 5.69 Å². The number of halogens is 1.